The van der Waals surface area contributed by atoms with E-state index in [1.165, 1.54) is 5.56 Å². The monoisotopic (exact) mass is 327 g/mol. The first-order valence-corrected chi connectivity index (χ1v) is 8.02. The van der Waals surface area contributed by atoms with Gasteiger partial charge in [0, 0.05) is 25.7 Å². The molecule has 0 saturated carbocycles. The van der Waals surface area contributed by atoms with Gasteiger partial charge in [-0.15, -0.1) is 0 Å². The van der Waals surface area contributed by atoms with Crippen molar-refractivity contribution in [1.82, 2.24) is 20.2 Å². The van der Waals surface area contributed by atoms with Crippen molar-refractivity contribution < 1.29 is 4.79 Å². The van der Waals surface area contributed by atoms with Crippen LogP contribution in [0.5, 0.6) is 0 Å². The maximum absolute atomic E-state index is 12.2. The Labute approximate surface area is 143 Å². The first kappa shape index (κ1) is 17.9. The van der Waals surface area contributed by atoms with Gasteiger partial charge in [0.1, 0.15) is 17.3 Å². The summed E-state index contributed by atoms with van der Waals surface area (Å²) in [5.74, 6) is 1.04. The van der Waals surface area contributed by atoms with Crippen molar-refractivity contribution in [3.05, 3.63) is 53.0 Å². The Morgan fingerprint density at radius 1 is 1.12 bits per heavy atom. The van der Waals surface area contributed by atoms with E-state index < -0.39 is 0 Å². The third-order valence-electron chi connectivity index (χ3n) is 3.51. The Morgan fingerprint density at radius 2 is 1.83 bits per heavy atom. The highest BCUT2D eigenvalue weighted by Crippen LogP contribution is 2.10. The fourth-order valence-electron chi connectivity index (χ4n) is 2.16. The van der Waals surface area contributed by atoms with Gasteiger partial charge in [-0.1, -0.05) is 29.8 Å². The van der Waals surface area contributed by atoms with Crippen molar-refractivity contribution in [3.63, 3.8) is 0 Å². The average molecular weight is 327 g/mol. The van der Waals surface area contributed by atoms with Gasteiger partial charge in [0.25, 0.3) is 5.91 Å². The highest BCUT2D eigenvalue weighted by Gasteiger charge is 2.10. The number of carbonyl (C=O) groups excluding carboxylic acids is 1. The smallest absolute Gasteiger partial charge is 0.270 e. The second kappa shape index (κ2) is 8.40. The zero-order valence-corrected chi connectivity index (χ0v) is 14.8. The molecule has 6 nitrogen and oxygen atoms in total. The van der Waals surface area contributed by atoms with Crippen molar-refractivity contribution in [1.29, 1.82) is 0 Å². The summed E-state index contributed by atoms with van der Waals surface area (Å²) in [6.07, 6.45) is 0. The molecule has 2 aromatic rings. The van der Waals surface area contributed by atoms with E-state index in [4.69, 9.17) is 0 Å². The van der Waals surface area contributed by atoms with E-state index >= 15 is 0 Å². The number of carbonyl (C=O) groups is 1. The molecule has 0 atom stereocenters. The lowest BCUT2D eigenvalue weighted by Crippen LogP contribution is -2.32. The molecule has 128 valence electrons. The van der Waals surface area contributed by atoms with E-state index in [0.29, 0.717) is 30.4 Å². The van der Waals surface area contributed by atoms with E-state index in [0.717, 1.165) is 12.1 Å². The third-order valence-corrected chi connectivity index (χ3v) is 3.51. The summed E-state index contributed by atoms with van der Waals surface area (Å²) in [4.78, 5) is 22.8. The summed E-state index contributed by atoms with van der Waals surface area (Å²) in [5.41, 5.74) is 2.77. The minimum Gasteiger partial charge on any atom is -0.366 e. The topological polar surface area (TPSA) is 70.2 Å². The maximum atomic E-state index is 12.2. The second-order valence-corrected chi connectivity index (χ2v) is 6.08. The summed E-state index contributed by atoms with van der Waals surface area (Å²) in [7, 11) is 3.93. The van der Waals surface area contributed by atoms with Crippen molar-refractivity contribution in [3.8, 4) is 0 Å². The molecule has 2 N–H and O–H groups in total. The number of nitrogens with one attached hydrogen (secondary N) is 2. The largest absolute Gasteiger partial charge is 0.366 e. The van der Waals surface area contributed by atoms with Crippen LogP contribution in [0.15, 0.2) is 30.3 Å². The van der Waals surface area contributed by atoms with Gasteiger partial charge in [-0.3, -0.25) is 4.79 Å². The fourth-order valence-corrected chi connectivity index (χ4v) is 2.16. The van der Waals surface area contributed by atoms with Crippen LogP contribution in [-0.2, 0) is 6.54 Å². The average Bonchev–Trinajstić information content (AvgIpc) is 2.53. The molecule has 2 rings (SSSR count). The van der Waals surface area contributed by atoms with Crippen LogP contribution in [0.2, 0.25) is 0 Å². The lowest BCUT2D eigenvalue weighted by Gasteiger charge is -2.11. The van der Waals surface area contributed by atoms with E-state index in [2.05, 4.69) is 51.8 Å². The van der Waals surface area contributed by atoms with Gasteiger partial charge in [0.05, 0.1) is 0 Å². The minimum atomic E-state index is -0.180. The lowest BCUT2D eigenvalue weighted by molar-refractivity contribution is 0.0945. The van der Waals surface area contributed by atoms with Gasteiger partial charge in [-0.25, -0.2) is 9.97 Å². The normalized spacial score (nSPS) is 10.7. The van der Waals surface area contributed by atoms with Gasteiger partial charge in [0.15, 0.2) is 0 Å². The van der Waals surface area contributed by atoms with Crippen LogP contribution >= 0.6 is 0 Å². The SMILES string of the molecule is Cc1ccc(CNc2cc(C(=O)NCCN(C)C)nc(C)n2)cc1. The summed E-state index contributed by atoms with van der Waals surface area (Å²) < 4.78 is 0. The Kier molecular flexibility index (Phi) is 6.26. The van der Waals surface area contributed by atoms with Crippen LogP contribution in [0.3, 0.4) is 0 Å². The number of aryl methyl sites for hydroxylation is 2. The summed E-state index contributed by atoms with van der Waals surface area (Å²) >= 11 is 0. The van der Waals surface area contributed by atoms with Crippen LogP contribution in [0, 0.1) is 13.8 Å². The Bertz CT molecular complexity index is 682. The van der Waals surface area contributed by atoms with Crippen LogP contribution in [-0.4, -0.2) is 48.0 Å². The molecule has 0 aliphatic heterocycles. The van der Waals surface area contributed by atoms with Gasteiger partial charge >= 0.3 is 0 Å². The fraction of sp³-hybridized carbons (Fsp3) is 0.389. The molecule has 1 amide bonds. The predicted octanol–water partition coefficient (Wildman–Crippen LogP) is 2.00. The minimum absolute atomic E-state index is 0.180. The molecule has 0 saturated heterocycles. The molecule has 0 fully saturated rings. The van der Waals surface area contributed by atoms with Gasteiger partial charge in [0.2, 0.25) is 0 Å². The van der Waals surface area contributed by atoms with Gasteiger partial charge < -0.3 is 15.5 Å². The van der Waals surface area contributed by atoms with Crippen molar-refractivity contribution in [2.24, 2.45) is 0 Å². The number of hydrogen-bond donors (Lipinski definition) is 2. The van der Waals surface area contributed by atoms with E-state index in [-0.39, 0.29) is 5.91 Å². The Hall–Kier alpha value is -2.47. The molecule has 1 aromatic heterocycles. The number of hydrogen-bond acceptors (Lipinski definition) is 5. The van der Waals surface area contributed by atoms with Crippen molar-refractivity contribution >= 4 is 11.7 Å². The van der Waals surface area contributed by atoms with Gasteiger partial charge in [-0.2, -0.15) is 0 Å². The molecule has 24 heavy (non-hydrogen) atoms. The predicted molar refractivity (Wildman–Crippen MR) is 96.2 cm³/mol. The molecule has 1 heterocycles. The van der Waals surface area contributed by atoms with E-state index in [9.17, 15) is 4.79 Å². The number of benzene rings is 1. The first-order valence-electron chi connectivity index (χ1n) is 8.02. The lowest BCUT2D eigenvalue weighted by atomic mass is 10.1. The van der Waals surface area contributed by atoms with Crippen LogP contribution < -0.4 is 10.6 Å². The van der Waals surface area contributed by atoms with Gasteiger partial charge in [-0.05, 0) is 33.5 Å². The highest BCUT2D eigenvalue weighted by atomic mass is 16.1. The quantitative estimate of drug-likeness (QED) is 0.814. The molecule has 0 bridgehead atoms. The first-order chi connectivity index (χ1) is 11.4. The zero-order valence-electron chi connectivity index (χ0n) is 14.8. The van der Waals surface area contributed by atoms with Crippen LogP contribution in [0.1, 0.15) is 27.4 Å². The number of amides is 1. The molecular weight excluding hydrogens is 302 g/mol. The Morgan fingerprint density at radius 3 is 2.50 bits per heavy atom. The second-order valence-electron chi connectivity index (χ2n) is 6.08. The van der Waals surface area contributed by atoms with Crippen molar-refractivity contribution in [2.75, 3.05) is 32.5 Å². The molecule has 0 unspecified atom stereocenters. The maximum Gasteiger partial charge on any atom is 0.270 e. The highest BCUT2D eigenvalue weighted by molar-refractivity contribution is 5.92. The standard InChI is InChI=1S/C18H25N5O/c1-13-5-7-15(8-6-13)12-20-17-11-16(21-14(2)22-17)18(24)19-9-10-23(3)4/h5-8,11H,9-10,12H2,1-4H3,(H,19,24)(H,20,21,22). The zero-order chi connectivity index (χ0) is 17.5. The Balaban J connectivity index is 1.99. The number of likely N-dealkylation sites (N-methyl/N-ethyl adjacent to an activating group) is 1. The molecule has 0 radical (unpaired) electrons. The summed E-state index contributed by atoms with van der Waals surface area (Å²) in [6, 6.07) is 9.99. The van der Waals surface area contributed by atoms with E-state index in [1.807, 2.05) is 19.0 Å². The molecule has 0 spiro atoms. The number of rotatable bonds is 7. The van der Waals surface area contributed by atoms with Crippen LogP contribution in [0.25, 0.3) is 0 Å². The van der Waals surface area contributed by atoms with Crippen molar-refractivity contribution in [2.45, 2.75) is 20.4 Å². The number of aromatic nitrogens is 2. The summed E-state index contributed by atoms with van der Waals surface area (Å²) in [6.45, 7) is 5.87. The molecule has 1 aromatic carbocycles. The molecule has 0 aliphatic carbocycles. The summed E-state index contributed by atoms with van der Waals surface area (Å²) in [5, 5.41) is 6.12. The molecule has 6 heteroatoms. The third kappa shape index (κ3) is 5.62. The molecule has 0 aliphatic rings. The number of anilines is 1. The van der Waals surface area contributed by atoms with E-state index in [1.54, 1.807) is 13.0 Å². The molecular formula is C18H25N5O. The van der Waals surface area contributed by atoms with Crippen LogP contribution in [0.4, 0.5) is 5.82 Å². The number of nitrogens with zero attached hydrogens (tertiary/aromatic N) is 3.